The number of hydrogen-bond donors (Lipinski definition) is 0. The van der Waals surface area contributed by atoms with Gasteiger partial charge < -0.3 is 23.8 Å². The average Bonchev–Trinajstić information content (AvgIpc) is 3.14. The molecule has 0 radical (unpaired) electrons. The molecule has 34 heavy (non-hydrogen) atoms. The average molecular weight is 463 g/mol. The zero-order chi connectivity index (χ0) is 23.0. The Balaban J connectivity index is 1.09. The van der Waals surface area contributed by atoms with E-state index < -0.39 is 0 Å². The Morgan fingerprint density at radius 3 is 2.65 bits per heavy atom. The quantitative estimate of drug-likeness (QED) is 0.505. The molecule has 1 unspecified atom stereocenters. The van der Waals surface area contributed by atoms with Crippen LogP contribution in [0.15, 0.2) is 66.9 Å². The van der Waals surface area contributed by atoms with Gasteiger partial charge >= 0.3 is 0 Å². The fraction of sp³-hybridized carbons (Fsp3) is 0.385. The predicted octanol–water partition coefficient (Wildman–Crippen LogP) is 3.29. The molecule has 8 nitrogen and oxygen atoms in total. The van der Waals surface area contributed by atoms with Gasteiger partial charge in [0.2, 0.25) is 11.8 Å². The van der Waals surface area contributed by atoms with Gasteiger partial charge in [-0.2, -0.15) is 4.98 Å². The third kappa shape index (κ3) is 5.88. The molecule has 8 heteroatoms. The van der Waals surface area contributed by atoms with Crippen molar-refractivity contribution in [2.75, 3.05) is 57.4 Å². The van der Waals surface area contributed by atoms with Crippen LogP contribution in [0.25, 0.3) is 0 Å². The summed E-state index contributed by atoms with van der Waals surface area (Å²) in [5.41, 5.74) is 0. The Hall–Kier alpha value is -3.52. The van der Waals surface area contributed by atoms with Gasteiger partial charge in [-0.25, -0.2) is 4.98 Å². The zero-order valence-electron chi connectivity index (χ0n) is 19.2. The lowest BCUT2D eigenvalue weighted by Gasteiger charge is -2.26. The molecule has 3 aromatic rings. The van der Waals surface area contributed by atoms with Crippen LogP contribution >= 0.6 is 0 Å². The molecule has 0 N–H and O–H groups in total. The summed E-state index contributed by atoms with van der Waals surface area (Å²) >= 11 is 0. The Kier molecular flexibility index (Phi) is 7.25. The minimum absolute atomic E-state index is 0.182. The molecule has 0 aliphatic carbocycles. The van der Waals surface area contributed by atoms with Gasteiger partial charge in [-0.05, 0) is 30.7 Å². The van der Waals surface area contributed by atoms with Crippen molar-refractivity contribution in [1.29, 1.82) is 0 Å². The van der Waals surface area contributed by atoms with E-state index in [9.17, 15) is 0 Å². The van der Waals surface area contributed by atoms with E-state index in [2.05, 4.69) is 19.8 Å². The number of nitrogens with zero attached hydrogens (tertiary/aromatic N) is 4. The highest BCUT2D eigenvalue weighted by atomic mass is 16.6. The first-order chi connectivity index (χ1) is 16.8. The molecular weight excluding hydrogens is 432 g/mol. The van der Waals surface area contributed by atoms with Crippen LogP contribution < -0.4 is 23.8 Å². The van der Waals surface area contributed by atoms with Gasteiger partial charge in [-0.3, -0.25) is 4.90 Å². The number of aromatic nitrogens is 2. The van der Waals surface area contributed by atoms with E-state index in [4.69, 9.17) is 18.9 Å². The van der Waals surface area contributed by atoms with Gasteiger partial charge in [0.1, 0.15) is 25.6 Å². The zero-order valence-corrected chi connectivity index (χ0v) is 19.2. The molecule has 5 rings (SSSR count). The molecule has 1 aromatic heterocycles. The van der Waals surface area contributed by atoms with Crippen molar-refractivity contribution in [3.05, 3.63) is 66.9 Å². The minimum atomic E-state index is -0.182. The molecule has 0 saturated carbocycles. The van der Waals surface area contributed by atoms with E-state index in [1.807, 2.05) is 54.6 Å². The van der Waals surface area contributed by atoms with Crippen molar-refractivity contribution in [3.63, 3.8) is 0 Å². The van der Waals surface area contributed by atoms with E-state index in [1.165, 1.54) is 0 Å². The topological polar surface area (TPSA) is 69.2 Å². The third-order valence-electron chi connectivity index (χ3n) is 5.89. The molecule has 1 atom stereocenters. The highest BCUT2D eigenvalue weighted by Crippen LogP contribution is 2.31. The van der Waals surface area contributed by atoms with Crippen LogP contribution in [0.4, 0.5) is 5.95 Å². The molecule has 2 aromatic carbocycles. The predicted molar refractivity (Wildman–Crippen MR) is 129 cm³/mol. The van der Waals surface area contributed by atoms with Gasteiger partial charge in [-0.1, -0.05) is 30.3 Å². The Bertz CT molecular complexity index is 1050. The molecule has 0 bridgehead atoms. The number of rotatable bonds is 8. The third-order valence-corrected chi connectivity index (χ3v) is 5.89. The summed E-state index contributed by atoms with van der Waals surface area (Å²) in [7, 11) is 0. The molecular formula is C26H30N4O4. The van der Waals surface area contributed by atoms with Crippen LogP contribution in [-0.2, 0) is 0 Å². The Morgan fingerprint density at radius 1 is 0.882 bits per heavy atom. The second-order valence-corrected chi connectivity index (χ2v) is 8.35. The van der Waals surface area contributed by atoms with Crippen molar-refractivity contribution >= 4 is 5.95 Å². The Morgan fingerprint density at radius 2 is 1.74 bits per heavy atom. The second-order valence-electron chi connectivity index (χ2n) is 8.35. The SMILES string of the molecule is c1ccc(OCCN2CCCN(c3nccc(OCC4COc5ccccc5O4)n3)CC2)cc1. The smallest absolute Gasteiger partial charge is 0.228 e. The van der Waals surface area contributed by atoms with Gasteiger partial charge in [0.15, 0.2) is 17.6 Å². The largest absolute Gasteiger partial charge is 0.492 e. The molecule has 0 amide bonds. The standard InChI is InChI=1S/C26H30N4O4/c1-2-7-21(8-3-1)31-18-17-29-13-6-14-30(16-15-29)26-27-12-11-25(28-26)33-20-22-19-32-23-9-4-5-10-24(23)34-22/h1-5,7-12,22H,6,13-20H2. The summed E-state index contributed by atoms with van der Waals surface area (Å²) in [5, 5.41) is 0. The van der Waals surface area contributed by atoms with Crippen LogP contribution in [0.3, 0.4) is 0 Å². The lowest BCUT2D eigenvalue weighted by molar-refractivity contribution is 0.0522. The summed E-state index contributed by atoms with van der Waals surface area (Å²) in [4.78, 5) is 13.8. The maximum Gasteiger partial charge on any atom is 0.228 e. The van der Waals surface area contributed by atoms with E-state index in [0.29, 0.717) is 31.6 Å². The summed E-state index contributed by atoms with van der Waals surface area (Å²) in [5.74, 6) is 3.67. The van der Waals surface area contributed by atoms with Crippen LogP contribution in [0, 0.1) is 0 Å². The number of benzene rings is 2. The lowest BCUT2D eigenvalue weighted by Crippen LogP contribution is -2.35. The van der Waals surface area contributed by atoms with Crippen molar-refractivity contribution in [2.24, 2.45) is 0 Å². The van der Waals surface area contributed by atoms with Crippen LogP contribution in [0.5, 0.6) is 23.1 Å². The molecule has 1 saturated heterocycles. The second kappa shape index (κ2) is 11.1. The number of hydrogen-bond acceptors (Lipinski definition) is 8. The first kappa shape index (κ1) is 22.3. The molecule has 178 valence electrons. The minimum Gasteiger partial charge on any atom is -0.492 e. The number of anilines is 1. The van der Waals surface area contributed by atoms with E-state index in [-0.39, 0.29) is 6.10 Å². The molecule has 1 fully saturated rings. The van der Waals surface area contributed by atoms with Crippen molar-refractivity contribution < 1.29 is 18.9 Å². The van der Waals surface area contributed by atoms with Crippen molar-refractivity contribution in [1.82, 2.24) is 14.9 Å². The van der Waals surface area contributed by atoms with E-state index >= 15 is 0 Å². The summed E-state index contributed by atoms with van der Waals surface area (Å²) < 4.78 is 23.5. The summed E-state index contributed by atoms with van der Waals surface area (Å²) in [6, 6.07) is 19.4. The first-order valence-electron chi connectivity index (χ1n) is 11.8. The number of fused-ring (bicyclic) bond motifs is 1. The summed E-state index contributed by atoms with van der Waals surface area (Å²) in [6.45, 7) is 6.15. The Labute approximate surface area is 200 Å². The van der Waals surface area contributed by atoms with Crippen LogP contribution in [0.2, 0.25) is 0 Å². The maximum atomic E-state index is 5.97. The summed E-state index contributed by atoms with van der Waals surface area (Å²) in [6.07, 6.45) is 2.62. The van der Waals surface area contributed by atoms with Gasteiger partial charge in [-0.15, -0.1) is 0 Å². The molecule has 0 spiro atoms. The maximum absolute atomic E-state index is 5.97. The number of ether oxygens (including phenoxy) is 4. The molecule has 2 aliphatic heterocycles. The molecule has 3 heterocycles. The van der Waals surface area contributed by atoms with Crippen LogP contribution in [-0.4, -0.2) is 73.5 Å². The monoisotopic (exact) mass is 462 g/mol. The van der Waals surface area contributed by atoms with E-state index in [0.717, 1.165) is 56.4 Å². The van der Waals surface area contributed by atoms with Crippen LogP contribution in [0.1, 0.15) is 6.42 Å². The van der Waals surface area contributed by atoms with Crippen molar-refractivity contribution in [3.8, 4) is 23.1 Å². The highest BCUT2D eigenvalue weighted by molar-refractivity contribution is 5.40. The normalized spacial score (nSPS) is 18.2. The van der Waals surface area contributed by atoms with Gasteiger partial charge in [0.25, 0.3) is 0 Å². The van der Waals surface area contributed by atoms with Crippen molar-refractivity contribution in [2.45, 2.75) is 12.5 Å². The first-order valence-corrected chi connectivity index (χ1v) is 11.8. The lowest BCUT2D eigenvalue weighted by atomic mass is 10.3. The van der Waals surface area contributed by atoms with Gasteiger partial charge in [0.05, 0.1) is 0 Å². The van der Waals surface area contributed by atoms with E-state index in [1.54, 1.807) is 12.3 Å². The fourth-order valence-electron chi connectivity index (χ4n) is 4.09. The highest BCUT2D eigenvalue weighted by Gasteiger charge is 2.22. The van der Waals surface area contributed by atoms with Gasteiger partial charge in [0, 0.05) is 45.0 Å². The molecule has 2 aliphatic rings. The number of para-hydroxylation sites is 3. The fourth-order valence-corrected chi connectivity index (χ4v) is 4.09.